The summed E-state index contributed by atoms with van der Waals surface area (Å²) in [7, 11) is -0.341. The van der Waals surface area contributed by atoms with Gasteiger partial charge in [-0.1, -0.05) is 84.9 Å². The smallest absolute Gasteiger partial charge is 0.000744 e. The molecular formula is C19H16P. The van der Waals surface area contributed by atoms with Crippen LogP contribution in [0.15, 0.2) is 84.9 Å². The van der Waals surface area contributed by atoms with Gasteiger partial charge in [-0.05, 0) is 30.2 Å². The normalized spacial score (nSPS) is 10.7. The fourth-order valence-corrected chi connectivity index (χ4v) is 4.56. The molecule has 0 saturated heterocycles. The molecule has 0 atom stereocenters. The SMILES string of the molecule is [c]1ccc(CP(c2ccccc2)c2ccccc2)cc1. The van der Waals surface area contributed by atoms with Gasteiger partial charge < -0.3 is 0 Å². The van der Waals surface area contributed by atoms with E-state index in [2.05, 4.69) is 78.9 Å². The molecule has 20 heavy (non-hydrogen) atoms. The molecule has 97 valence electrons. The fraction of sp³-hybridized carbons (Fsp3) is 0.0526. The summed E-state index contributed by atoms with van der Waals surface area (Å²) in [5.41, 5.74) is 1.38. The highest BCUT2D eigenvalue weighted by molar-refractivity contribution is 7.72. The average Bonchev–Trinajstić information content (AvgIpc) is 2.55. The molecular weight excluding hydrogens is 259 g/mol. The van der Waals surface area contributed by atoms with Crippen LogP contribution >= 0.6 is 7.92 Å². The highest BCUT2D eigenvalue weighted by Crippen LogP contribution is 2.37. The Morgan fingerprint density at radius 3 is 1.65 bits per heavy atom. The van der Waals surface area contributed by atoms with Gasteiger partial charge >= 0.3 is 0 Å². The van der Waals surface area contributed by atoms with Crippen molar-refractivity contribution in [1.82, 2.24) is 0 Å². The summed E-state index contributed by atoms with van der Waals surface area (Å²) in [6.07, 6.45) is 1.08. The van der Waals surface area contributed by atoms with Crippen molar-refractivity contribution >= 4 is 18.5 Å². The van der Waals surface area contributed by atoms with Crippen LogP contribution in [-0.4, -0.2) is 0 Å². The highest BCUT2D eigenvalue weighted by Gasteiger charge is 2.13. The zero-order valence-corrected chi connectivity index (χ0v) is 12.1. The lowest BCUT2D eigenvalue weighted by atomic mass is 10.2. The summed E-state index contributed by atoms with van der Waals surface area (Å²) in [5, 5.41) is 2.86. The van der Waals surface area contributed by atoms with Crippen molar-refractivity contribution in [2.75, 3.05) is 0 Å². The molecule has 1 radical (unpaired) electrons. The highest BCUT2D eigenvalue weighted by atomic mass is 31.1. The Balaban J connectivity index is 1.96. The van der Waals surface area contributed by atoms with Gasteiger partial charge in [-0.25, -0.2) is 0 Å². The Bertz CT molecular complexity index is 593. The van der Waals surface area contributed by atoms with E-state index in [0.29, 0.717) is 0 Å². The predicted octanol–water partition coefficient (Wildman–Crippen LogP) is 4.12. The van der Waals surface area contributed by atoms with Crippen LogP contribution in [0, 0.1) is 6.07 Å². The van der Waals surface area contributed by atoms with Gasteiger partial charge in [-0.2, -0.15) is 0 Å². The zero-order chi connectivity index (χ0) is 13.6. The maximum Gasteiger partial charge on any atom is 0.000744 e. The van der Waals surface area contributed by atoms with Crippen molar-refractivity contribution in [3.05, 3.63) is 96.6 Å². The van der Waals surface area contributed by atoms with Crippen LogP contribution in [0.3, 0.4) is 0 Å². The predicted molar refractivity (Wildman–Crippen MR) is 88.1 cm³/mol. The molecule has 0 heterocycles. The van der Waals surface area contributed by atoms with E-state index in [9.17, 15) is 0 Å². The summed E-state index contributed by atoms with van der Waals surface area (Å²) in [5.74, 6) is 0. The van der Waals surface area contributed by atoms with Gasteiger partial charge in [0.15, 0.2) is 0 Å². The maximum atomic E-state index is 3.09. The minimum Gasteiger partial charge on any atom is -0.0622 e. The topological polar surface area (TPSA) is 0 Å². The zero-order valence-electron chi connectivity index (χ0n) is 11.2. The van der Waals surface area contributed by atoms with E-state index >= 15 is 0 Å². The molecule has 0 saturated carbocycles. The van der Waals surface area contributed by atoms with Gasteiger partial charge in [0.2, 0.25) is 0 Å². The van der Waals surface area contributed by atoms with E-state index in [4.69, 9.17) is 0 Å². The quantitative estimate of drug-likeness (QED) is 0.628. The second-order valence-corrected chi connectivity index (χ2v) is 6.87. The Morgan fingerprint density at radius 2 is 1.15 bits per heavy atom. The van der Waals surface area contributed by atoms with Crippen LogP contribution in [0.5, 0.6) is 0 Å². The lowest BCUT2D eigenvalue weighted by Gasteiger charge is -2.18. The molecule has 0 aliphatic heterocycles. The monoisotopic (exact) mass is 275 g/mol. The first-order chi connectivity index (χ1) is 9.93. The van der Waals surface area contributed by atoms with E-state index in [1.807, 2.05) is 12.1 Å². The minimum atomic E-state index is -0.341. The molecule has 0 fully saturated rings. The second kappa shape index (κ2) is 6.50. The van der Waals surface area contributed by atoms with Crippen molar-refractivity contribution in [2.45, 2.75) is 6.16 Å². The summed E-state index contributed by atoms with van der Waals surface area (Å²) in [6, 6.07) is 33.1. The molecule has 0 bridgehead atoms. The van der Waals surface area contributed by atoms with E-state index in [1.54, 1.807) is 0 Å². The van der Waals surface area contributed by atoms with E-state index < -0.39 is 0 Å². The standard InChI is InChI=1S/C19H16P/c1-4-10-17(11-5-1)16-20(18-12-6-2-7-13-18)19-14-8-3-9-15-19/h2-15H,16H2. The molecule has 0 N–H and O–H groups in total. The van der Waals surface area contributed by atoms with Gasteiger partial charge in [0.1, 0.15) is 0 Å². The van der Waals surface area contributed by atoms with Gasteiger partial charge in [-0.15, -0.1) is 0 Å². The molecule has 0 aliphatic rings. The molecule has 0 nitrogen and oxygen atoms in total. The van der Waals surface area contributed by atoms with Gasteiger partial charge in [-0.3, -0.25) is 0 Å². The molecule has 0 aliphatic carbocycles. The van der Waals surface area contributed by atoms with Crippen molar-refractivity contribution in [2.24, 2.45) is 0 Å². The molecule has 3 aromatic rings. The molecule has 0 amide bonds. The summed E-state index contributed by atoms with van der Waals surface area (Å²) in [6.45, 7) is 0. The van der Waals surface area contributed by atoms with Gasteiger partial charge in [0, 0.05) is 6.16 Å². The average molecular weight is 275 g/mol. The third-order valence-electron chi connectivity index (χ3n) is 3.26. The van der Waals surface area contributed by atoms with Crippen LogP contribution in [0.2, 0.25) is 0 Å². The van der Waals surface area contributed by atoms with Crippen molar-refractivity contribution in [3.63, 3.8) is 0 Å². The van der Waals surface area contributed by atoms with Crippen molar-refractivity contribution in [3.8, 4) is 0 Å². The summed E-state index contributed by atoms with van der Waals surface area (Å²) < 4.78 is 0. The Labute approximate surface area is 121 Å². The second-order valence-electron chi connectivity index (χ2n) is 4.67. The molecule has 3 rings (SSSR count). The van der Waals surface area contributed by atoms with Crippen LogP contribution in [0.4, 0.5) is 0 Å². The van der Waals surface area contributed by atoms with Gasteiger partial charge in [0.25, 0.3) is 0 Å². The van der Waals surface area contributed by atoms with Crippen molar-refractivity contribution < 1.29 is 0 Å². The van der Waals surface area contributed by atoms with Gasteiger partial charge in [0.05, 0.1) is 0 Å². The summed E-state index contributed by atoms with van der Waals surface area (Å²) >= 11 is 0. The van der Waals surface area contributed by atoms with E-state index in [0.717, 1.165) is 6.16 Å². The Kier molecular flexibility index (Phi) is 4.25. The largest absolute Gasteiger partial charge is 0.0622 e. The van der Waals surface area contributed by atoms with Crippen LogP contribution < -0.4 is 10.6 Å². The minimum absolute atomic E-state index is 0.341. The molecule has 0 unspecified atom stereocenters. The number of hydrogen-bond donors (Lipinski definition) is 0. The number of benzene rings is 3. The van der Waals surface area contributed by atoms with Crippen LogP contribution in [0.25, 0.3) is 0 Å². The first kappa shape index (κ1) is 13.1. The van der Waals surface area contributed by atoms with E-state index in [-0.39, 0.29) is 7.92 Å². The van der Waals surface area contributed by atoms with Crippen molar-refractivity contribution in [1.29, 1.82) is 0 Å². The van der Waals surface area contributed by atoms with Crippen LogP contribution in [-0.2, 0) is 6.16 Å². The molecule has 0 spiro atoms. The first-order valence-corrected chi connectivity index (χ1v) is 8.29. The number of hydrogen-bond acceptors (Lipinski definition) is 0. The van der Waals surface area contributed by atoms with E-state index in [1.165, 1.54) is 16.2 Å². The number of rotatable bonds is 4. The molecule has 1 heteroatoms. The third-order valence-corrected chi connectivity index (χ3v) is 5.79. The molecule has 0 aromatic heterocycles. The first-order valence-electron chi connectivity index (χ1n) is 6.76. The maximum absolute atomic E-state index is 3.09. The summed E-state index contributed by atoms with van der Waals surface area (Å²) in [4.78, 5) is 0. The third kappa shape index (κ3) is 3.15. The fourth-order valence-electron chi connectivity index (χ4n) is 2.26. The van der Waals surface area contributed by atoms with Crippen LogP contribution in [0.1, 0.15) is 5.56 Å². The lowest BCUT2D eigenvalue weighted by Crippen LogP contribution is -2.12. The lowest BCUT2D eigenvalue weighted by molar-refractivity contribution is 1.40. The molecule has 3 aromatic carbocycles. The Morgan fingerprint density at radius 1 is 0.650 bits per heavy atom. The Hall–Kier alpha value is -1.91.